The normalized spacial score (nSPS) is 22.1. The van der Waals surface area contributed by atoms with Gasteiger partial charge < -0.3 is 10.1 Å². The fourth-order valence-corrected chi connectivity index (χ4v) is 1.12. The first-order valence-corrected chi connectivity index (χ1v) is 4.76. The van der Waals surface area contributed by atoms with Gasteiger partial charge in [0, 0.05) is 0 Å². The Morgan fingerprint density at radius 1 is 1.36 bits per heavy atom. The third-order valence-electron chi connectivity index (χ3n) is 1.99. The Labute approximate surface area is 69.3 Å². The Morgan fingerprint density at radius 2 is 2.09 bits per heavy atom. The van der Waals surface area contributed by atoms with E-state index in [-0.39, 0.29) is 0 Å². The van der Waals surface area contributed by atoms with Crippen molar-refractivity contribution in [1.29, 1.82) is 0 Å². The highest BCUT2D eigenvalue weighted by Gasteiger charge is 2.20. The highest BCUT2D eigenvalue weighted by atomic mass is 16.6. The Hall–Kier alpha value is -0.0800. The number of nitrogens with one attached hydrogen (secondary N) is 1. The number of unbranched alkanes of at least 4 members (excludes halogenated alkanes) is 1. The van der Waals surface area contributed by atoms with Crippen molar-refractivity contribution in [3.8, 4) is 0 Å². The lowest BCUT2D eigenvalue weighted by Gasteiger charge is -2.01. The van der Waals surface area contributed by atoms with Crippen LogP contribution >= 0.6 is 0 Å². The van der Waals surface area contributed by atoms with E-state index in [2.05, 4.69) is 12.2 Å². The van der Waals surface area contributed by atoms with Crippen molar-refractivity contribution in [3.05, 3.63) is 0 Å². The fraction of sp³-hybridized carbons (Fsp3) is 1.00. The molecule has 2 heteroatoms. The molecule has 0 bridgehead atoms. The van der Waals surface area contributed by atoms with Gasteiger partial charge in [-0.3, -0.25) is 0 Å². The summed E-state index contributed by atoms with van der Waals surface area (Å²) in [7, 11) is 0. The summed E-state index contributed by atoms with van der Waals surface area (Å²) < 4.78 is 5.11. The van der Waals surface area contributed by atoms with Gasteiger partial charge >= 0.3 is 0 Å². The fourth-order valence-electron chi connectivity index (χ4n) is 1.12. The lowest BCUT2D eigenvalue weighted by Crippen LogP contribution is -2.16. The highest BCUT2D eigenvalue weighted by Crippen LogP contribution is 2.14. The molecule has 0 radical (unpaired) electrons. The maximum atomic E-state index is 5.11. The van der Waals surface area contributed by atoms with Crippen LogP contribution in [-0.4, -0.2) is 25.8 Å². The molecule has 1 unspecified atom stereocenters. The molecule has 0 aromatic rings. The second-order valence-electron chi connectivity index (χ2n) is 3.20. The maximum absolute atomic E-state index is 5.11. The molecule has 1 aliphatic rings. The molecule has 1 N–H and O–H groups in total. The Morgan fingerprint density at radius 3 is 2.73 bits per heavy atom. The molecule has 1 rings (SSSR count). The van der Waals surface area contributed by atoms with Gasteiger partial charge in [-0.25, -0.2) is 0 Å². The zero-order valence-electron chi connectivity index (χ0n) is 7.44. The van der Waals surface area contributed by atoms with Crippen LogP contribution in [0.5, 0.6) is 0 Å². The Balaban J connectivity index is 1.66. The molecule has 0 aliphatic carbocycles. The summed E-state index contributed by atoms with van der Waals surface area (Å²) >= 11 is 0. The first-order chi connectivity index (χ1) is 5.43. The third kappa shape index (κ3) is 5.22. The van der Waals surface area contributed by atoms with Crippen molar-refractivity contribution >= 4 is 0 Å². The summed E-state index contributed by atoms with van der Waals surface area (Å²) in [6.45, 7) is 5.58. The topological polar surface area (TPSA) is 24.6 Å². The molecular formula is C9H19NO. The minimum atomic E-state index is 0.614. The molecule has 2 nitrogen and oxygen atoms in total. The summed E-state index contributed by atoms with van der Waals surface area (Å²) in [5.74, 6) is 0. The molecule has 0 aromatic heterocycles. The summed E-state index contributed by atoms with van der Waals surface area (Å²) in [6.07, 6.45) is 5.73. The lowest BCUT2D eigenvalue weighted by molar-refractivity contribution is 0.389. The van der Waals surface area contributed by atoms with Gasteiger partial charge in [0.05, 0.1) is 12.7 Å². The van der Waals surface area contributed by atoms with Crippen molar-refractivity contribution in [2.24, 2.45) is 0 Å². The summed E-state index contributed by atoms with van der Waals surface area (Å²) in [4.78, 5) is 0. The number of epoxide rings is 1. The van der Waals surface area contributed by atoms with E-state index < -0.39 is 0 Å². The van der Waals surface area contributed by atoms with Crippen LogP contribution in [0.3, 0.4) is 0 Å². The van der Waals surface area contributed by atoms with Gasteiger partial charge in [0.15, 0.2) is 0 Å². The van der Waals surface area contributed by atoms with Gasteiger partial charge in [-0.2, -0.15) is 0 Å². The second kappa shape index (κ2) is 5.56. The predicted molar refractivity (Wildman–Crippen MR) is 46.8 cm³/mol. The quantitative estimate of drug-likeness (QED) is 0.448. The van der Waals surface area contributed by atoms with Crippen LogP contribution in [0.2, 0.25) is 0 Å². The smallest absolute Gasteiger partial charge is 0.0810 e. The summed E-state index contributed by atoms with van der Waals surface area (Å²) in [5.41, 5.74) is 0. The minimum absolute atomic E-state index is 0.614. The van der Waals surface area contributed by atoms with Gasteiger partial charge in [0.25, 0.3) is 0 Å². The number of hydrogen-bond acceptors (Lipinski definition) is 2. The van der Waals surface area contributed by atoms with E-state index in [0.29, 0.717) is 6.10 Å². The summed E-state index contributed by atoms with van der Waals surface area (Å²) in [6, 6.07) is 0. The van der Waals surface area contributed by atoms with Crippen LogP contribution in [-0.2, 0) is 4.74 Å². The largest absolute Gasteiger partial charge is 0.373 e. The monoisotopic (exact) mass is 157 g/mol. The Bertz CT molecular complexity index is 91.6. The molecule has 66 valence electrons. The van der Waals surface area contributed by atoms with Crippen molar-refractivity contribution in [3.63, 3.8) is 0 Å². The maximum Gasteiger partial charge on any atom is 0.0810 e. The average Bonchev–Trinajstić information content (AvgIpc) is 2.80. The average molecular weight is 157 g/mol. The van der Waals surface area contributed by atoms with Crippen LogP contribution in [0.15, 0.2) is 0 Å². The van der Waals surface area contributed by atoms with Crippen LogP contribution in [0.25, 0.3) is 0 Å². The van der Waals surface area contributed by atoms with Crippen LogP contribution < -0.4 is 5.32 Å². The number of hydrogen-bond donors (Lipinski definition) is 1. The molecule has 1 saturated heterocycles. The Kier molecular flexibility index (Phi) is 4.55. The van der Waals surface area contributed by atoms with E-state index in [1.165, 1.54) is 38.8 Å². The van der Waals surface area contributed by atoms with Gasteiger partial charge in [-0.1, -0.05) is 13.3 Å². The molecule has 0 amide bonds. The number of ether oxygens (including phenoxy) is 1. The van der Waals surface area contributed by atoms with Crippen molar-refractivity contribution in [2.75, 3.05) is 19.7 Å². The first kappa shape index (κ1) is 9.01. The van der Waals surface area contributed by atoms with Crippen molar-refractivity contribution in [2.45, 2.75) is 38.7 Å². The molecule has 1 fully saturated rings. The van der Waals surface area contributed by atoms with Gasteiger partial charge in [-0.15, -0.1) is 0 Å². The SMILES string of the molecule is CCCCNCCCC1CO1. The van der Waals surface area contributed by atoms with Crippen LogP contribution in [0.4, 0.5) is 0 Å². The third-order valence-corrected chi connectivity index (χ3v) is 1.99. The van der Waals surface area contributed by atoms with Crippen molar-refractivity contribution < 1.29 is 4.74 Å². The van der Waals surface area contributed by atoms with E-state index in [1.807, 2.05) is 0 Å². The van der Waals surface area contributed by atoms with E-state index in [4.69, 9.17) is 4.74 Å². The van der Waals surface area contributed by atoms with Gasteiger partial charge in [0.2, 0.25) is 0 Å². The molecular weight excluding hydrogens is 138 g/mol. The minimum Gasteiger partial charge on any atom is -0.373 e. The van der Waals surface area contributed by atoms with Gasteiger partial charge in [-0.05, 0) is 32.4 Å². The molecule has 1 heterocycles. The standard InChI is InChI=1S/C9H19NO/c1-2-3-6-10-7-4-5-9-8-11-9/h9-10H,2-8H2,1H3. The molecule has 1 atom stereocenters. The zero-order chi connectivity index (χ0) is 7.94. The van der Waals surface area contributed by atoms with Crippen LogP contribution in [0, 0.1) is 0 Å². The van der Waals surface area contributed by atoms with Crippen LogP contribution in [0.1, 0.15) is 32.6 Å². The molecule has 0 aromatic carbocycles. The van der Waals surface area contributed by atoms with Gasteiger partial charge in [0.1, 0.15) is 0 Å². The molecule has 1 aliphatic heterocycles. The highest BCUT2D eigenvalue weighted by molar-refractivity contribution is 4.68. The molecule has 0 spiro atoms. The number of rotatable bonds is 7. The summed E-state index contributed by atoms with van der Waals surface area (Å²) in [5, 5.41) is 3.41. The van der Waals surface area contributed by atoms with E-state index >= 15 is 0 Å². The first-order valence-electron chi connectivity index (χ1n) is 4.76. The van der Waals surface area contributed by atoms with Crippen molar-refractivity contribution in [1.82, 2.24) is 5.32 Å². The van der Waals surface area contributed by atoms with E-state index in [0.717, 1.165) is 6.61 Å². The molecule has 0 saturated carbocycles. The van der Waals surface area contributed by atoms with E-state index in [1.54, 1.807) is 0 Å². The molecule has 11 heavy (non-hydrogen) atoms. The van der Waals surface area contributed by atoms with E-state index in [9.17, 15) is 0 Å². The second-order valence-corrected chi connectivity index (χ2v) is 3.20. The zero-order valence-corrected chi connectivity index (χ0v) is 7.44. The lowest BCUT2D eigenvalue weighted by atomic mass is 10.2. The predicted octanol–water partition coefficient (Wildman–Crippen LogP) is 1.56.